The molecule has 5 heteroatoms. The van der Waals surface area contributed by atoms with Crippen molar-refractivity contribution >= 4 is 11.4 Å². The molecule has 2 rings (SSSR count). The number of hydrogen-bond acceptors (Lipinski definition) is 5. The van der Waals surface area contributed by atoms with E-state index in [2.05, 4.69) is 0 Å². The van der Waals surface area contributed by atoms with Crippen LogP contribution in [0.15, 0.2) is 41.0 Å². The molecular weight excluding hydrogens is 244 g/mol. The standard InChI is InChI=1S/C14H18N2O3/c1-16(8-11(18)9-17)10-4-5-13(15)12(7-10)14-3-2-6-19-14/h2-7,11,17-18H,8-9,15H2,1H3. The minimum absolute atomic E-state index is 0.260. The number of benzene rings is 1. The highest BCUT2D eigenvalue weighted by molar-refractivity contribution is 5.76. The normalized spacial score (nSPS) is 12.4. The van der Waals surface area contributed by atoms with Gasteiger partial charge in [-0.05, 0) is 30.3 Å². The van der Waals surface area contributed by atoms with Crippen LogP contribution in [0.4, 0.5) is 11.4 Å². The second kappa shape index (κ2) is 5.77. The van der Waals surface area contributed by atoms with E-state index in [0.717, 1.165) is 11.3 Å². The van der Waals surface area contributed by atoms with Crippen molar-refractivity contribution in [2.75, 3.05) is 30.8 Å². The molecule has 0 bridgehead atoms. The summed E-state index contributed by atoms with van der Waals surface area (Å²) < 4.78 is 5.35. The molecule has 102 valence electrons. The van der Waals surface area contributed by atoms with Crippen LogP contribution >= 0.6 is 0 Å². The molecule has 1 aromatic carbocycles. The van der Waals surface area contributed by atoms with Gasteiger partial charge in [-0.3, -0.25) is 0 Å². The maximum Gasteiger partial charge on any atom is 0.135 e. The topological polar surface area (TPSA) is 82.9 Å². The number of rotatable bonds is 5. The van der Waals surface area contributed by atoms with Gasteiger partial charge >= 0.3 is 0 Å². The van der Waals surface area contributed by atoms with E-state index in [-0.39, 0.29) is 6.61 Å². The van der Waals surface area contributed by atoms with E-state index < -0.39 is 6.10 Å². The number of aliphatic hydroxyl groups is 2. The summed E-state index contributed by atoms with van der Waals surface area (Å²) in [5, 5.41) is 18.3. The molecule has 0 aliphatic carbocycles. The lowest BCUT2D eigenvalue weighted by Gasteiger charge is -2.22. The summed E-state index contributed by atoms with van der Waals surface area (Å²) in [4.78, 5) is 1.85. The van der Waals surface area contributed by atoms with Gasteiger partial charge in [0.05, 0.1) is 19.0 Å². The minimum atomic E-state index is -0.769. The Labute approximate surface area is 111 Å². The molecule has 1 unspecified atom stereocenters. The summed E-state index contributed by atoms with van der Waals surface area (Å²) in [5.41, 5.74) is 8.28. The molecule has 19 heavy (non-hydrogen) atoms. The lowest BCUT2D eigenvalue weighted by atomic mass is 10.1. The van der Waals surface area contributed by atoms with Crippen LogP contribution in [0.25, 0.3) is 11.3 Å². The van der Waals surface area contributed by atoms with Gasteiger partial charge in [-0.25, -0.2) is 0 Å². The zero-order valence-electron chi connectivity index (χ0n) is 10.8. The lowest BCUT2D eigenvalue weighted by molar-refractivity contribution is 0.101. The molecule has 0 aliphatic rings. The Balaban J connectivity index is 2.26. The smallest absolute Gasteiger partial charge is 0.135 e. The molecule has 0 aliphatic heterocycles. The SMILES string of the molecule is CN(CC(O)CO)c1ccc(N)c(-c2ccco2)c1. The fourth-order valence-corrected chi connectivity index (χ4v) is 1.91. The third-order valence-electron chi connectivity index (χ3n) is 2.96. The Bertz CT molecular complexity index is 525. The van der Waals surface area contributed by atoms with E-state index in [9.17, 15) is 5.11 Å². The van der Waals surface area contributed by atoms with Crippen molar-refractivity contribution in [3.05, 3.63) is 36.6 Å². The highest BCUT2D eigenvalue weighted by Crippen LogP contribution is 2.30. The van der Waals surface area contributed by atoms with Crippen LogP contribution in [0, 0.1) is 0 Å². The van der Waals surface area contributed by atoms with Crippen molar-refractivity contribution in [2.24, 2.45) is 0 Å². The summed E-state index contributed by atoms with van der Waals surface area (Å²) in [6.07, 6.45) is 0.829. The van der Waals surface area contributed by atoms with E-state index in [1.807, 2.05) is 30.1 Å². The van der Waals surface area contributed by atoms with Crippen molar-refractivity contribution in [3.63, 3.8) is 0 Å². The number of nitrogen functional groups attached to an aromatic ring is 1. The van der Waals surface area contributed by atoms with Crippen LogP contribution in [-0.2, 0) is 0 Å². The summed E-state index contributed by atoms with van der Waals surface area (Å²) in [6, 6.07) is 9.22. The zero-order chi connectivity index (χ0) is 13.8. The van der Waals surface area contributed by atoms with E-state index in [4.69, 9.17) is 15.3 Å². The van der Waals surface area contributed by atoms with E-state index in [1.165, 1.54) is 0 Å². The second-order valence-electron chi connectivity index (χ2n) is 4.47. The summed E-state index contributed by atoms with van der Waals surface area (Å²) in [6.45, 7) is 0.0857. The number of furan rings is 1. The molecule has 0 fully saturated rings. The van der Waals surface area contributed by atoms with Gasteiger partial charge in [0, 0.05) is 30.5 Å². The Kier molecular flexibility index (Phi) is 4.09. The van der Waals surface area contributed by atoms with Crippen molar-refractivity contribution in [1.82, 2.24) is 0 Å². The van der Waals surface area contributed by atoms with E-state index >= 15 is 0 Å². The predicted octanol–water partition coefficient (Wildman–Crippen LogP) is 1.32. The fraction of sp³-hybridized carbons (Fsp3) is 0.286. The summed E-state index contributed by atoms with van der Waals surface area (Å²) in [7, 11) is 1.84. The van der Waals surface area contributed by atoms with E-state index in [0.29, 0.717) is 18.0 Å². The molecule has 1 heterocycles. The highest BCUT2D eigenvalue weighted by atomic mass is 16.3. The van der Waals surface area contributed by atoms with Crippen LogP contribution in [0.1, 0.15) is 0 Å². The van der Waals surface area contributed by atoms with Gasteiger partial charge in [-0.2, -0.15) is 0 Å². The number of nitrogens with zero attached hydrogens (tertiary/aromatic N) is 1. The average Bonchev–Trinajstić information content (AvgIpc) is 2.92. The largest absolute Gasteiger partial charge is 0.464 e. The van der Waals surface area contributed by atoms with Gasteiger partial charge in [-0.15, -0.1) is 0 Å². The molecular formula is C14H18N2O3. The fourth-order valence-electron chi connectivity index (χ4n) is 1.91. The molecule has 0 saturated carbocycles. The number of anilines is 2. The van der Waals surface area contributed by atoms with Crippen molar-refractivity contribution in [2.45, 2.75) is 6.10 Å². The third-order valence-corrected chi connectivity index (χ3v) is 2.96. The molecule has 0 amide bonds. The maximum absolute atomic E-state index is 9.46. The molecule has 4 N–H and O–H groups in total. The third kappa shape index (κ3) is 3.07. The highest BCUT2D eigenvalue weighted by Gasteiger charge is 2.11. The first kappa shape index (κ1) is 13.5. The van der Waals surface area contributed by atoms with Crippen molar-refractivity contribution in [1.29, 1.82) is 0 Å². The first-order valence-corrected chi connectivity index (χ1v) is 6.05. The van der Waals surface area contributed by atoms with Crippen molar-refractivity contribution < 1.29 is 14.6 Å². The van der Waals surface area contributed by atoms with Gasteiger partial charge in [-0.1, -0.05) is 0 Å². The number of aliphatic hydroxyl groups excluding tert-OH is 2. The number of hydrogen-bond donors (Lipinski definition) is 3. The van der Waals surface area contributed by atoms with Crippen LogP contribution in [0.3, 0.4) is 0 Å². The van der Waals surface area contributed by atoms with Gasteiger partial charge < -0.3 is 25.3 Å². The summed E-state index contributed by atoms with van der Waals surface area (Å²) >= 11 is 0. The van der Waals surface area contributed by atoms with Gasteiger partial charge in [0.15, 0.2) is 0 Å². The predicted molar refractivity (Wildman–Crippen MR) is 74.9 cm³/mol. The molecule has 0 saturated heterocycles. The quantitative estimate of drug-likeness (QED) is 0.708. The zero-order valence-corrected chi connectivity index (χ0v) is 10.8. The molecule has 1 aromatic heterocycles. The molecule has 0 radical (unpaired) electrons. The molecule has 0 spiro atoms. The Morgan fingerprint density at radius 1 is 1.37 bits per heavy atom. The average molecular weight is 262 g/mol. The number of nitrogens with two attached hydrogens (primary N) is 1. The Morgan fingerprint density at radius 3 is 2.79 bits per heavy atom. The summed E-state index contributed by atoms with van der Waals surface area (Å²) in [5.74, 6) is 0.704. The maximum atomic E-state index is 9.46. The van der Waals surface area contributed by atoms with Gasteiger partial charge in [0.2, 0.25) is 0 Å². The van der Waals surface area contributed by atoms with Crippen LogP contribution in [-0.4, -0.2) is 36.5 Å². The first-order chi connectivity index (χ1) is 9.11. The Morgan fingerprint density at radius 2 is 2.16 bits per heavy atom. The van der Waals surface area contributed by atoms with Crippen LogP contribution in [0.2, 0.25) is 0 Å². The second-order valence-corrected chi connectivity index (χ2v) is 4.47. The van der Waals surface area contributed by atoms with Gasteiger partial charge in [0.25, 0.3) is 0 Å². The van der Waals surface area contributed by atoms with Crippen LogP contribution < -0.4 is 10.6 Å². The lowest BCUT2D eigenvalue weighted by Crippen LogP contribution is -2.31. The van der Waals surface area contributed by atoms with Crippen molar-refractivity contribution in [3.8, 4) is 11.3 Å². The van der Waals surface area contributed by atoms with E-state index in [1.54, 1.807) is 18.4 Å². The van der Waals surface area contributed by atoms with Gasteiger partial charge in [0.1, 0.15) is 5.76 Å². The monoisotopic (exact) mass is 262 g/mol. The van der Waals surface area contributed by atoms with Crippen LogP contribution in [0.5, 0.6) is 0 Å². The first-order valence-electron chi connectivity index (χ1n) is 6.05. The Hall–Kier alpha value is -1.98. The molecule has 2 aromatic rings. The molecule has 1 atom stereocenters. The minimum Gasteiger partial charge on any atom is -0.464 e. The number of likely N-dealkylation sites (N-methyl/N-ethyl adjacent to an activating group) is 1. The molecule has 5 nitrogen and oxygen atoms in total.